The van der Waals surface area contributed by atoms with Crippen molar-refractivity contribution in [2.24, 2.45) is 0 Å². The number of nitrogens with one attached hydrogen (secondary N) is 1. The molecule has 5 heterocycles. The number of halogens is 1. The molecule has 1 N–H and O–H groups in total. The van der Waals surface area contributed by atoms with Crippen LogP contribution >= 0.6 is 11.3 Å². The van der Waals surface area contributed by atoms with Crippen molar-refractivity contribution in [3.63, 3.8) is 0 Å². The fourth-order valence-corrected chi connectivity index (χ4v) is 5.89. The largest absolute Gasteiger partial charge is 0.308 e. The molecule has 2 aliphatic rings. The van der Waals surface area contributed by atoms with Crippen LogP contribution in [-0.4, -0.2) is 44.5 Å². The zero-order valence-corrected chi connectivity index (χ0v) is 17.9. The van der Waals surface area contributed by atoms with Crippen LogP contribution in [0.5, 0.6) is 0 Å². The molecule has 4 aromatic rings. The molecule has 31 heavy (non-hydrogen) atoms. The molecule has 0 saturated carbocycles. The number of nitrogens with zero attached hydrogens (tertiary/aromatic N) is 4. The van der Waals surface area contributed by atoms with E-state index < -0.39 is 0 Å². The third kappa shape index (κ3) is 3.39. The van der Waals surface area contributed by atoms with Crippen LogP contribution in [0.4, 0.5) is 4.39 Å². The van der Waals surface area contributed by atoms with E-state index in [4.69, 9.17) is 0 Å². The summed E-state index contributed by atoms with van der Waals surface area (Å²) < 4.78 is 18.5. The SMILES string of the molecule is O=c1ccc2ccc(F)c3c2n1C[C@H]3CN1CCC(NCc2cn3ccsc3n2)CC1. The number of imidazole rings is 1. The standard InChI is InChI=1S/C23H24FN5OS/c24-19-3-1-15-2-4-20(30)29-13-16(21(19)22(15)29)12-27-7-5-17(6-8-27)25-11-18-14-28-9-10-31-23(28)26-18/h1-4,9-10,14,16-17,25H,5-8,11-13H2/t16-/m1/s1. The molecule has 6 rings (SSSR count). The first-order valence-corrected chi connectivity index (χ1v) is 11.7. The number of hydrogen-bond donors (Lipinski definition) is 1. The van der Waals surface area contributed by atoms with Crippen molar-refractivity contribution in [3.8, 4) is 0 Å². The van der Waals surface area contributed by atoms with E-state index in [9.17, 15) is 9.18 Å². The normalized spacial score (nSPS) is 19.7. The minimum absolute atomic E-state index is 0.0294. The monoisotopic (exact) mass is 437 g/mol. The number of aromatic nitrogens is 3. The van der Waals surface area contributed by atoms with E-state index in [0.717, 1.165) is 66.1 Å². The Morgan fingerprint density at radius 1 is 1.19 bits per heavy atom. The van der Waals surface area contributed by atoms with Gasteiger partial charge in [0.1, 0.15) is 5.82 Å². The van der Waals surface area contributed by atoms with E-state index in [0.29, 0.717) is 12.6 Å². The molecule has 0 bridgehead atoms. The zero-order valence-electron chi connectivity index (χ0n) is 17.1. The molecule has 1 atom stereocenters. The van der Waals surface area contributed by atoms with Crippen molar-refractivity contribution in [2.75, 3.05) is 19.6 Å². The molecular weight excluding hydrogens is 413 g/mol. The molecule has 0 radical (unpaired) electrons. The molecule has 1 fully saturated rings. The highest BCUT2D eigenvalue weighted by atomic mass is 32.1. The van der Waals surface area contributed by atoms with Crippen LogP contribution in [0.3, 0.4) is 0 Å². The predicted molar refractivity (Wildman–Crippen MR) is 120 cm³/mol. The van der Waals surface area contributed by atoms with Crippen molar-refractivity contribution in [1.29, 1.82) is 0 Å². The quantitative estimate of drug-likeness (QED) is 0.521. The van der Waals surface area contributed by atoms with Gasteiger partial charge < -0.3 is 14.8 Å². The summed E-state index contributed by atoms with van der Waals surface area (Å²) in [4.78, 5) is 20.4. The number of thiazole rings is 1. The number of benzene rings is 1. The molecule has 0 unspecified atom stereocenters. The average molecular weight is 438 g/mol. The van der Waals surface area contributed by atoms with Crippen LogP contribution in [0, 0.1) is 5.82 Å². The van der Waals surface area contributed by atoms with Gasteiger partial charge in [-0.3, -0.25) is 9.20 Å². The number of likely N-dealkylation sites (tertiary alicyclic amines) is 1. The van der Waals surface area contributed by atoms with Gasteiger partial charge in [0, 0.05) is 61.0 Å². The maximum atomic E-state index is 14.7. The van der Waals surface area contributed by atoms with Gasteiger partial charge in [-0.1, -0.05) is 0 Å². The summed E-state index contributed by atoms with van der Waals surface area (Å²) in [6.45, 7) is 4.11. The van der Waals surface area contributed by atoms with E-state index in [2.05, 4.69) is 25.8 Å². The van der Waals surface area contributed by atoms with Crippen LogP contribution in [0.2, 0.25) is 0 Å². The number of hydrogen-bond acceptors (Lipinski definition) is 5. The molecule has 0 spiro atoms. The van der Waals surface area contributed by atoms with Crippen LogP contribution in [-0.2, 0) is 13.1 Å². The average Bonchev–Trinajstić information content (AvgIpc) is 3.46. The fraction of sp³-hybridized carbons (Fsp3) is 0.391. The lowest BCUT2D eigenvalue weighted by Crippen LogP contribution is -2.43. The molecule has 6 nitrogen and oxygen atoms in total. The summed E-state index contributed by atoms with van der Waals surface area (Å²) in [5.74, 6) is -0.160. The first kappa shape index (κ1) is 19.2. The van der Waals surface area contributed by atoms with E-state index in [1.807, 2.05) is 11.6 Å². The lowest BCUT2D eigenvalue weighted by atomic mass is 9.97. The Balaban J connectivity index is 1.09. The van der Waals surface area contributed by atoms with Crippen molar-refractivity contribution in [2.45, 2.75) is 37.9 Å². The van der Waals surface area contributed by atoms with Gasteiger partial charge in [-0.15, -0.1) is 11.3 Å². The molecule has 0 aliphatic carbocycles. The summed E-state index contributed by atoms with van der Waals surface area (Å²) in [5, 5.41) is 6.63. The summed E-state index contributed by atoms with van der Waals surface area (Å²) in [5.41, 5.74) is 2.54. The Labute approximate surface area is 182 Å². The summed E-state index contributed by atoms with van der Waals surface area (Å²) in [6, 6.07) is 7.18. The smallest absolute Gasteiger partial charge is 0.251 e. The van der Waals surface area contributed by atoms with Gasteiger partial charge in [0.25, 0.3) is 5.56 Å². The highest BCUT2D eigenvalue weighted by Gasteiger charge is 2.31. The van der Waals surface area contributed by atoms with Crippen LogP contribution < -0.4 is 10.9 Å². The maximum Gasteiger partial charge on any atom is 0.251 e. The van der Waals surface area contributed by atoms with E-state index in [-0.39, 0.29) is 17.3 Å². The number of piperidine rings is 1. The molecule has 8 heteroatoms. The van der Waals surface area contributed by atoms with Gasteiger partial charge in [0.2, 0.25) is 0 Å². The number of rotatable bonds is 5. The van der Waals surface area contributed by atoms with Gasteiger partial charge in [-0.2, -0.15) is 0 Å². The van der Waals surface area contributed by atoms with Crippen molar-refractivity contribution >= 4 is 27.2 Å². The highest BCUT2D eigenvalue weighted by molar-refractivity contribution is 7.15. The van der Waals surface area contributed by atoms with Gasteiger partial charge in [-0.25, -0.2) is 9.37 Å². The predicted octanol–water partition coefficient (Wildman–Crippen LogP) is 3.20. The van der Waals surface area contributed by atoms with E-state index in [1.165, 1.54) is 0 Å². The van der Waals surface area contributed by atoms with Crippen LogP contribution in [0.1, 0.15) is 30.0 Å². The molecule has 1 aromatic carbocycles. The Kier molecular flexibility index (Phi) is 4.66. The number of fused-ring (bicyclic) bond motifs is 1. The molecule has 2 aliphatic heterocycles. The maximum absolute atomic E-state index is 14.7. The molecule has 1 saturated heterocycles. The third-order valence-electron chi connectivity index (χ3n) is 6.73. The van der Waals surface area contributed by atoms with Gasteiger partial charge >= 0.3 is 0 Å². The second kappa shape index (κ2) is 7.55. The zero-order chi connectivity index (χ0) is 20.9. The second-order valence-electron chi connectivity index (χ2n) is 8.66. The second-order valence-corrected chi connectivity index (χ2v) is 9.53. The van der Waals surface area contributed by atoms with Gasteiger partial charge in [-0.05, 0) is 49.5 Å². The Hall–Kier alpha value is -2.55. The highest BCUT2D eigenvalue weighted by Crippen LogP contribution is 2.35. The van der Waals surface area contributed by atoms with Crippen molar-refractivity contribution in [1.82, 2.24) is 24.2 Å². The first-order valence-electron chi connectivity index (χ1n) is 10.8. The third-order valence-corrected chi connectivity index (χ3v) is 7.50. The van der Waals surface area contributed by atoms with Crippen LogP contribution in [0.15, 0.2) is 46.8 Å². The lowest BCUT2D eigenvalue weighted by Gasteiger charge is -2.34. The molecular formula is C23H24FN5OS. The summed E-state index contributed by atoms with van der Waals surface area (Å²) in [6.07, 6.45) is 6.25. The minimum Gasteiger partial charge on any atom is -0.308 e. The summed E-state index contributed by atoms with van der Waals surface area (Å²) >= 11 is 1.65. The van der Waals surface area contributed by atoms with Crippen molar-refractivity contribution < 1.29 is 4.39 Å². The molecule has 160 valence electrons. The molecule has 3 aromatic heterocycles. The molecule has 0 amide bonds. The fourth-order valence-electron chi connectivity index (χ4n) is 5.17. The van der Waals surface area contributed by atoms with Gasteiger partial charge in [0.05, 0.1) is 11.2 Å². The first-order chi connectivity index (χ1) is 15.2. The van der Waals surface area contributed by atoms with Gasteiger partial charge in [0.15, 0.2) is 4.96 Å². The Morgan fingerprint density at radius 2 is 2.03 bits per heavy atom. The van der Waals surface area contributed by atoms with E-state index >= 15 is 0 Å². The number of pyridine rings is 1. The van der Waals surface area contributed by atoms with E-state index in [1.54, 1.807) is 40.2 Å². The minimum atomic E-state index is -0.189. The van der Waals surface area contributed by atoms with Crippen molar-refractivity contribution in [3.05, 3.63) is 69.5 Å². The summed E-state index contributed by atoms with van der Waals surface area (Å²) in [7, 11) is 0. The van der Waals surface area contributed by atoms with Crippen LogP contribution in [0.25, 0.3) is 15.9 Å². The lowest BCUT2D eigenvalue weighted by molar-refractivity contribution is 0.184. The Bertz CT molecular complexity index is 1290. The topological polar surface area (TPSA) is 54.6 Å². The Morgan fingerprint density at radius 3 is 2.87 bits per heavy atom.